The number of aliphatic imine (C=N–C) groups is 1. The molecule has 0 spiro atoms. The number of pyridine rings is 1. The van der Waals surface area contributed by atoms with Crippen LogP contribution in [0.3, 0.4) is 0 Å². The highest BCUT2D eigenvalue weighted by atomic mass is 19.1. The number of benzene rings is 2. The van der Waals surface area contributed by atoms with Crippen molar-refractivity contribution < 1.29 is 13.9 Å². The maximum absolute atomic E-state index is 13.6. The van der Waals surface area contributed by atoms with Gasteiger partial charge in [0, 0.05) is 11.8 Å². The summed E-state index contributed by atoms with van der Waals surface area (Å²) in [5.74, 6) is -0.331. The second-order valence-corrected chi connectivity index (χ2v) is 6.66. The van der Waals surface area contributed by atoms with E-state index in [1.807, 2.05) is 6.07 Å². The summed E-state index contributed by atoms with van der Waals surface area (Å²) in [6, 6.07) is 16.4. The Morgan fingerprint density at radius 3 is 2.10 bits per heavy atom. The van der Waals surface area contributed by atoms with Crippen molar-refractivity contribution in [1.82, 2.24) is 10.3 Å². The Bertz CT molecular complexity index is 1060. The molecular weight excluding hydrogens is 374 g/mol. The van der Waals surface area contributed by atoms with Crippen LogP contribution >= 0.6 is 0 Å². The van der Waals surface area contributed by atoms with Crippen LogP contribution < -0.4 is 5.32 Å². The number of aliphatic hydroxyl groups excluding tert-OH is 1. The van der Waals surface area contributed by atoms with Gasteiger partial charge in [-0.05, 0) is 47.5 Å². The summed E-state index contributed by atoms with van der Waals surface area (Å²) in [5, 5.41) is 22.6. The molecule has 2 N–H and O–H groups in total. The molecule has 1 atom stereocenters. The highest BCUT2D eigenvalue weighted by Gasteiger charge is 2.47. The number of rotatable bonds is 4. The van der Waals surface area contributed by atoms with Crippen LogP contribution in [0, 0.1) is 23.0 Å². The number of halogens is 2. The standard InChI is InChI=1S/C22H16F2N4O/c23-17-5-1-15(2-6-17)22(16-3-7-18(24)8-4-16)20(13-29)27-21(28-22)14-9-10-26-19(11-14)12-25/h1-11,20,29H,13H2,(H,27,28). The third kappa shape index (κ3) is 3.24. The van der Waals surface area contributed by atoms with Gasteiger partial charge in [-0.1, -0.05) is 24.3 Å². The van der Waals surface area contributed by atoms with Crippen molar-refractivity contribution in [3.8, 4) is 6.07 Å². The average molecular weight is 390 g/mol. The van der Waals surface area contributed by atoms with Gasteiger partial charge in [-0.15, -0.1) is 0 Å². The van der Waals surface area contributed by atoms with Crippen LogP contribution in [0.4, 0.5) is 8.78 Å². The Labute approximate surface area is 166 Å². The number of nitrogens with one attached hydrogen (secondary N) is 1. The van der Waals surface area contributed by atoms with Crippen molar-refractivity contribution in [1.29, 1.82) is 5.26 Å². The molecule has 2 aromatic carbocycles. The molecule has 0 saturated carbocycles. The fourth-order valence-corrected chi connectivity index (χ4v) is 3.64. The second kappa shape index (κ2) is 7.41. The summed E-state index contributed by atoms with van der Waals surface area (Å²) in [4.78, 5) is 8.60. The smallest absolute Gasteiger partial charge is 0.141 e. The summed E-state index contributed by atoms with van der Waals surface area (Å²) in [7, 11) is 0. The summed E-state index contributed by atoms with van der Waals surface area (Å²) in [6.45, 7) is -0.304. The third-order valence-electron chi connectivity index (χ3n) is 5.02. The monoisotopic (exact) mass is 390 g/mol. The SMILES string of the molecule is N#Cc1cc(C2=NC(CO)C(c3ccc(F)cc3)(c3ccc(F)cc3)N2)ccn1. The first-order valence-corrected chi connectivity index (χ1v) is 8.92. The van der Waals surface area contributed by atoms with Crippen LogP contribution in [0.25, 0.3) is 0 Å². The Hall–Kier alpha value is -3.63. The van der Waals surface area contributed by atoms with E-state index in [4.69, 9.17) is 5.26 Å². The fourth-order valence-electron chi connectivity index (χ4n) is 3.64. The topological polar surface area (TPSA) is 81.3 Å². The molecule has 1 aromatic heterocycles. The molecule has 0 radical (unpaired) electrons. The molecule has 1 aliphatic rings. The Balaban J connectivity index is 1.87. The molecule has 0 bridgehead atoms. The minimum Gasteiger partial charge on any atom is -0.394 e. The molecule has 4 rings (SSSR count). The van der Waals surface area contributed by atoms with Crippen molar-refractivity contribution in [2.75, 3.05) is 6.61 Å². The number of aliphatic hydroxyl groups is 1. The number of hydrogen-bond donors (Lipinski definition) is 2. The number of hydrogen-bond acceptors (Lipinski definition) is 5. The average Bonchev–Trinajstić information content (AvgIpc) is 3.15. The molecule has 1 aliphatic heterocycles. The molecule has 144 valence electrons. The molecule has 0 aliphatic carbocycles. The molecule has 0 saturated heterocycles. The lowest BCUT2D eigenvalue weighted by atomic mass is 9.78. The van der Waals surface area contributed by atoms with E-state index < -0.39 is 23.2 Å². The number of nitriles is 1. The van der Waals surface area contributed by atoms with E-state index in [1.54, 1.807) is 36.4 Å². The van der Waals surface area contributed by atoms with Gasteiger partial charge < -0.3 is 10.4 Å². The molecule has 0 amide bonds. The maximum atomic E-state index is 13.6. The van der Waals surface area contributed by atoms with Crippen molar-refractivity contribution >= 4 is 5.84 Å². The van der Waals surface area contributed by atoms with Crippen LogP contribution in [-0.2, 0) is 5.54 Å². The summed E-state index contributed by atoms with van der Waals surface area (Å²) < 4.78 is 27.1. The van der Waals surface area contributed by atoms with Gasteiger partial charge in [-0.25, -0.2) is 13.8 Å². The highest BCUT2D eigenvalue weighted by Crippen LogP contribution is 2.39. The van der Waals surface area contributed by atoms with Crippen molar-refractivity contribution in [3.05, 3.63) is 101 Å². The molecule has 2 heterocycles. The van der Waals surface area contributed by atoms with E-state index in [2.05, 4.69) is 15.3 Å². The highest BCUT2D eigenvalue weighted by molar-refractivity contribution is 6.01. The number of nitrogens with zero attached hydrogens (tertiary/aromatic N) is 3. The van der Waals surface area contributed by atoms with Gasteiger partial charge in [0.15, 0.2) is 0 Å². The van der Waals surface area contributed by atoms with Gasteiger partial charge in [0.1, 0.15) is 40.8 Å². The van der Waals surface area contributed by atoms with Crippen LogP contribution in [0.5, 0.6) is 0 Å². The normalized spacial score (nSPS) is 17.3. The van der Waals surface area contributed by atoms with E-state index in [0.29, 0.717) is 22.5 Å². The second-order valence-electron chi connectivity index (χ2n) is 6.66. The molecule has 7 heteroatoms. The Morgan fingerprint density at radius 2 is 1.59 bits per heavy atom. The van der Waals surface area contributed by atoms with Gasteiger partial charge >= 0.3 is 0 Å². The van der Waals surface area contributed by atoms with Gasteiger partial charge in [-0.3, -0.25) is 4.99 Å². The zero-order valence-corrected chi connectivity index (χ0v) is 15.2. The third-order valence-corrected chi connectivity index (χ3v) is 5.02. The first-order chi connectivity index (χ1) is 14.1. The van der Waals surface area contributed by atoms with Gasteiger partial charge in [-0.2, -0.15) is 5.26 Å². The summed E-state index contributed by atoms with van der Waals surface area (Å²) in [5.41, 5.74) is 1.15. The van der Waals surface area contributed by atoms with Crippen molar-refractivity contribution in [3.63, 3.8) is 0 Å². The van der Waals surface area contributed by atoms with Gasteiger partial charge in [0.2, 0.25) is 0 Å². The lowest BCUT2D eigenvalue weighted by Crippen LogP contribution is -2.50. The van der Waals surface area contributed by atoms with E-state index in [1.165, 1.54) is 30.5 Å². The molecule has 0 fully saturated rings. The number of amidine groups is 1. The Morgan fingerprint density at radius 1 is 1.00 bits per heavy atom. The maximum Gasteiger partial charge on any atom is 0.141 e. The Kier molecular flexibility index (Phi) is 4.79. The zero-order valence-electron chi connectivity index (χ0n) is 15.2. The van der Waals surface area contributed by atoms with Gasteiger partial charge in [0.05, 0.1) is 6.61 Å². The van der Waals surface area contributed by atoms with E-state index in [-0.39, 0.29) is 12.3 Å². The predicted molar refractivity (Wildman–Crippen MR) is 103 cm³/mol. The quantitative estimate of drug-likeness (QED) is 0.718. The van der Waals surface area contributed by atoms with Crippen molar-refractivity contribution in [2.24, 2.45) is 4.99 Å². The molecular formula is C22H16F2N4O. The first kappa shape index (κ1) is 18.7. The van der Waals surface area contributed by atoms with Crippen molar-refractivity contribution in [2.45, 2.75) is 11.6 Å². The van der Waals surface area contributed by atoms with Gasteiger partial charge in [0.25, 0.3) is 0 Å². The lowest BCUT2D eigenvalue weighted by Gasteiger charge is -2.35. The summed E-state index contributed by atoms with van der Waals surface area (Å²) in [6.07, 6.45) is 1.50. The minimum absolute atomic E-state index is 0.230. The van der Waals surface area contributed by atoms with Crippen LogP contribution in [0.1, 0.15) is 22.4 Å². The van der Waals surface area contributed by atoms with E-state index >= 15 is 0 Å². The van der Waals surface area contributed by atoms with E-state index in [9.17, 15) is 13.9 Å². The largest absolute Gasteiger partial charge is 0.394 e. The first-order valence-electron chi connectivity index (χ1n) is 8.92. The van der Waals surface area contributed by atoms with Crippen LogP contribution in [0.2, 0.25) is 0 Å². The molecule has 5 nitrogen and oxygen atoms in total. The minimum atomic E-state index is -1.04. The predicted octanol–water partition coefficient (Wildman–Crippen LogP) is 2.89. The molecule has 29 heavy (non-hydrogen) atoms. The molecule has 1 unspecified atom stereocenters. The van der Waals surface area contributed by atoms with Crippen LogP contribution in [-0.4, -0.2) is 28.6 Å². The van der Waals surface area contributed by atoms with Crippen LogP contribution in [0.15, 0.2) is 71.9 Å². The van der Waals surface area contributed by atoms with E-state index in [0.717, 1.165) is 0 Å². The lowest BCUT2D eigenvalue weighted by molar-refractivity contribution is 0.225. The molecule has 3 aromatic rings. The number of aromatic nitrogens is 1. The zero-order chi connectivity index (χ0) is 20.4. The summed E-state index contributed by atoms with van der Waals surface area (Å²) >= 11 is 0. The fraction of sp³-hybridized carbons (Fsp3) is 0.136.